The summed E-state index contributed by atoms with van der Waals surface area (Å²) in [5, 5.41) is 0. The highest BCUT2D eigenvalue weighted by atomic mass is 16.2. The van der Waals surface area contributed by atoms with Crippen LogP contribution >= 0.6 is 0 Å². The predicted octanol–water partition coefficient (Wildman–Crippen LogP) is 3.79. The Labute approximate surface area is 140 Å². The van der Waals surface area contributed by atoms with Crippen LogP contribution in [0.4, 0.5) is 0 Å². The molecule has 0 radical (unpaired) electrons. The Hall–Kier alpha value is -1.35. The van der Waals surface area contributed by atoms with Gasteiger partial charge in [0.05, 0.1) is 0 Å². The summed E-state index contributed by atoms with van der Waals surface area (Å²) in [7, 11) is 0. The molecule has 2 heterocycles. The van der Waals surface area contributed by atoms with Gasteiger partial charge in [-0.05, 0) is 68.3 Å². The van der Waals surface area contributed by atoms with Gasteiger partial charge < -0.3 is 4.90 Å². The van der Waals surface area contributed by atoms with E-state index in [1.54, 1.807) is 0 Å². The number of piperidine rings is 2. The van der Waals surface area contributed by atoms with Crippen molar-refractivity contribution >= 4 is 5.91 Å². The molecule has 2 fully saturated rings. The van der Waals surface area contributed by atoms with Crippen LogP contribution < -0.4 is 0 Å². The summed E-state index contributed by atoms with van der Waals surface area (Å²) in [6.07, 6.45) is 5.00. The molecule has 1 aromatic carbocycles. The summed E-state index contributed by atoms with van der Waals surface area (Å²) < 4.78 is 0. The van der Waals surface area contributed by atoms with E-state index in [0.717, 1.165) is 37.5 Å². The summed E-state index contributed by atoms with van der Waals surface area (Å²) in [6, 6.07) is 8.31. The van der Waals surface area contributed by atoms with Crippen LogP contribution in [0, 0.1) is 11.8 Å². The maximum Gasteiger partial charge on any atom is 0.253 e. The Balaban J connectivity index is 1.57. The van der Waals surface area contributed by atoms with E-state index in [-0.39, 0.29) is 5.91 Å². The lowest BCUT2D eigenvalue weighted by Gasteiger charge is -2.31. The van der Waals surface area contributed by atoms with E-state index in [2.05, 4.69) is 30.9 Å². The average molecular weight is 314 g/mol. The molecular weight excluding hydrogens is 284 g/mol. The number of nitrogens with zero attached hydrogens (tertiary/aromatic N) is 2. The number of carbonyl (C=O) groups excluding carboxylic acids is 1. The highest BCUT2D eigenvalue weighted by Crippen LogP contribution is 2.20. The second kappa shape index (κ2) is 7.48. The van der Waals surface area contributed by atoms with Gasteiger partial charge in [-0.25, -0.2) is 0 Å². The predicted molar refractivity (Wildman–Crippen MR) is 94.4 cm³/mol. The van der Waals surface area contributed by atoms with Gasteiger partial charge >= 0.3 is 0 Å². The minimum atomic E-state index is 0.204. The van der Waals surface area contributed by atoms with Crippen LogP contribution in [-0.2, 0) is 6.54 Å². The zero-order chi connectivity index (χ0) is 16.2. The number of rotatable bonds is 3. The van der Waals surface area contributed by atoms with E-state index < -0.39 is 0 Å². The molecule has 0 spiro atoms. The molecule has 1 amide bonds. The van der Waals surface area contributed by atoms with Gasteiger partial charge in [0.25, 0.3) is 5.91 Å². The molecule has 23 heavy (non-hydrogen) atoms. The highest BCUT2D eigenvalue weighted by molar-refractivity contribution is 5.94. The van der Waals surface area contributed by atoms with Gasteiger partial charge in [0.15, 0.2) is 0 Å². The van der Waals surface area contributed by atoms with Crippen molar-refractivity contribution in [3.05, 3.63) is 35.4 Å². The van der Waals surface area contributed by atoms with Gasteiger partial charge in [0, 0.05) is 25.2 Å². The second-order valence-electron chi connectivity index (χ2n) is 7.65. The first-order valence-corrected chi connectivity index (χ1v) is 9.22. The van der Waals surface area contributed by atoms with Crippen LogP contribution in [0.5, 0.6) is 0 Å². The second-order valence-corrected chi connectivity index (χ2v) is 7.65. The first-order valence-electron chi connectivity index (χ1n) is 9.22. The average Bonchev–Trinajstić information content (AvgIpc) is 2.57. The van der Waals surface area contributed by atoms with E-state index >= 15 is 0 Å². The third-order valence-corrected chi connectivity index (χ3v) is 5.43. The number of amides is 1. The number of hydrogen-bond acceptors (Lipinski definition) is 2. The molecule has 1 aromatic rings. The maximum absolute atomic E-state index is 12.6. The van der Waals surface area contributed by atoms with Crippen molar-refractivity contribution in [3.63, 3.8) is 0 Å². The third kappa shape index (κ3) is 4.35. The van der Waals surface area contributed by atoms with Gasteiger partial charge in [0.1, 0.15) is 0 Å². The maximum atomic E-state index is 12.6. The molecule has 3 heteroatoms. The minimum absolute atomic E-state index is 0.204. The fourth-order valence-electron chi connectivity index (χ4n) is 3.79. The number of likely N-dealkylation sites (tertiary alicyclic amines) is 2. The number of benzene rings is 1. The normalized spacial score (nSPS) is 23.9. The lowest BCUT2D eigenvalue weighted by Crippen LogP contribution is -2.39. The summed E-state index contributed by atoms with van der Waals surface area (Å²) in [5.74, 6) is 1.71. The molecule has 0 aromatic heterocycles. The minimum Gasteiger partial charge on any atom is -0.338 e. The molecule has 0 saturated carbocycles. The highest BCUT2D eigenvalue weighted by Gasteiger charge is 2.22. The Bertz CT molecular complexity index is 517. The fourth-order valence-corrected chi connectivity index (χ4v) is 3.79. The van der Waals surface area contributed by atoms with Crippen LogP contribution in [0.1, 0.15) is 55.5 Å². The van der Waals surface area contributed by atoms with Crippen molar-refractivity contribution in [3.8, 4) is 0 Å². The lowest BCUT2D eigenvalue weighted by molar-refractivity contribution is 0.0683. The van der Waals surface area contributed by atoms with Crippen molar-refractivity contribution in [1.82, 2.24) is 9.80 Å². The fraction of sp³-hybridized carbons (Fsp3) is 0.650. The topological polar surface area (TPSA) is 23.6 Å². The molecule has 3 nitrogen and oxygen atoms in total. The molecule has 3 rings (SSSR count). The number of hydrogen-bond donors (Lipinski definition) is 0. The van der Waals surface area contributed by atoms with E-state index in [4.69, 9.17) is 0 Å². The third-order valence-electron chi connectivity index (χ3n) is 5.43. The molecule has 2 aliphatic heterocycles. The van der Waals surface area contributed by atoms with Crippen molar-refractivity contribution < 1.29 is 4.79 Å². The molecule has 0 unspecified atom stereocenters. The van der Waals surface area contributed by atoms with E-state index in [0.29, 0.717) is 5.92 Å². The zero-order valence-corrected chi connectivity index (χ0v) is 14.6. The largest absolute Gasteiger partial charge is 0.338 e. The Morgan fingerprint density at radius 2 is 1.70 bits per heavy atom. The zero-order valence-electron chi connectivity index (χ0n) is 14.6. The smallest absolute Gasteiger partial charge is 0.253 e. The van der Waals surface area contributed by atoms with Crippen LogP contribution in [0.25, 0.3) is 0 Å². The van der Waals surface area contributed by atoms with Gasteiger partial charge in [-0.2, -0.15) is 0 Å². The molecule has 1 atom stereocenters. The monoisotopic (exact) mass is 314 g/mol. The van der Waals surface area contributed by atoms with Gasteiger partial charge in [-0.1, -0.05) is 26.0 Å². The van der Waals surface area contributed by atoms with Crippen molar-refractivity contribution in [2.75, 3.05) is 26.2 Å². The standard InChI is InChI=1S/C20H30N2O/c1-16-9-12-21(13-10-16)15-18-5-7-19(8-6-18)20(23)22-11-3-4-17(2)14-22/h5-8,16-17H,3-4,9-15H2,1-2H3/t17-/m0/s1. The first-order chi connectivity index (χ1) is 11.1. The Morgan fingerprint density at radius 1 is 1.00 bits per heavy atom. The van der Waals surface area contributed by atoms with Crippen molar-refractivity contribution in [2.24, 2.45) is 11.8 Å². The number of carbonyl (C=O) groups is 1. The molecule has 126 valence electrons. The summed E-state index contributed by atoms with van der Waals surface area (Å²) in [6.45, 7) is 9.83. The van der Waals surface area contributed by atoms with E-state index in [1.165, 1.54) is 37.9 Å². The van der Waals surface area contributed by atoms with Crippen LogP contribution in [0.3, 0.4) is 0 Å². The first kappa shape index (κ1) is 16.5. The molecule has 2 saturated heterocycles. The molecule has 0 bridgehead atoms. The van der Waals surface area contributed by atoms with Crippen LogP contribution in [-0.4, -0.2) is 41.9 Å². The lowest BCUT2D eigenvalue weighted by atomic mass is 9.98. The molecule has 2 aliphatic rings. The molecular formula is C20H30N2O. The Morgan fingerprint density at radius 3 is 2.35 bits per heavy atom. The molecule has 0 aliphatic carbocycles. The van der Waals surface area contributed by atoms with E-state index in [9.17, 15) is 4.79 Å². The van der Waals surface area contributed by atoms with Crippen molar-refractivity contribution in [2.45, 2.75) is 46.1 Å². The Kier molecular flexibility index (Phi) is 5.37. The van der Waals surface area contributed by atoms with Crippen LogP contribution in [0.2, 0.25) is 0 Å². The SMILES string of the molecule is CC1CCN(Cc2ccc(C(=O)N3CCC[C@H](C)C3)cc2)CC1. The van der Waals surface area contributed by atoms with E-state index in [1.807, 2.05) is 17.0 Å². The van der Waals surface area contributed by atoms with Gasteiger partial charge in [-0.3, -0.25) is 9.69 Å². The van der Waals surface area contributed by atoms with Gasteiger partial charge in [-0.15, -0.1) is 0 Å². The van der Waals surface area contributed by atoms with Crippen molar-refractivity contribution in [1.29, 1.82) is 0 Å². The van der Waals surface area contributed by atoms with Crippen LogP contribution in [0.15, 0.2) is 24.3 Å². The molecule has 0 N–H and O–H groups in total. The quantitative estimate of drug-likeness (QED) is 0.847. The summed E-state index contributed by atoms with van der Waals surface area (Å²) in [5.41, 5.74) is 2.17. The van der Waals surface area contributed by atoms with Gasteiger partial charge in [0.2, 0.25) is 0 Å². The summed E-state index contributed by atoms with van der Waals surface area (Å²) in [4.78, 5) is 17.2. The summed E-state index contributed by atoms with van der Waals surface area (Å²) >= 11 is 0.